The fourth-order valence-electron chi connectivity index (χ4n) is 3.08. The lowest BCUT2D eigenvalue weighted by Crippen LogP contribution is -2.32. The van der Waals surface area contributed by atoms with Gasteiger partial charge in [0.2, 0.25) is 18.4 Å². The predicted molar refractivity (Wildman–Crippen MR) is 181 cm³/mol. The monoisotopic (exact) mass is 779 g/mol. The lowest BCUT2D eigenvalue weighted by molar-refractivity contribution is -0.160. The van der Waals surface area contributed by atoms with Gasteiger partial charge in [0.05, 0.1) is 26.4 Å². The Morgan fingerprint density at radius 2 is 1.33 bits per heavy atom. The van der Waals surface area contributed by atoms with Gasteiger partial charge in [0.15, 0.2) is 11.9 Å². The van der Waals surface area contributed by atoms with E-state index in [1.54, 1.807) is 6.92 Å². The highest BCUT2D eigenvalue weighted by Crippen LogP contribution is 2.69. The number of hydrogen-bond acceptors (Lipinski definition) is 14. The molecule has 0 bridgehead atoms. The molecular formula is C27H60NO18P3. The molecule has 0 aromatic carbocycles. The van der Waals surface area contributed by atoms with Crippen molar-refractivity contribution < 1.29 is 85.5 Å². The quantitative estimate of drug-likeness (QED) is 0.0418. The maximum atomic E-state index is 12.1. The SMILES string of the molecule is C.C.C.C.CCC(=O)OCC(COP(=O)(O)OCCCC(=O)COCCOCC(=O)NCCCC(O)(P(C)(=O)O)P(=O)(O)O)OC(=O)CC. The van der Waals surface area contributed by atoms with E-state index in [2.05, 4.69) is 5.32 Å². The van der Waals surface area contributed by atoms with Crippen molar-refractivity contribution in [3.63, 3.8) is 0 Å². The van der Waals surface area contributed by atoms with Crippen LogP contribution in [0.4, 0.5) is 0 Å². The average Bonchev–Trinajstić information content (AvgIpc) is 2.94. The number of carbonyl (C=O) groups is 4. The van der Waals surface area contributed by atoms with Crippen LogP contribution in [-0.4, -0.2) is 119 Å². The van der Waals surface area contributed by atoms with Crippen molar-refractivity contribution >= 4 is 46.4 Å². The van der Waals surface area contributed by atoms with Gasteiger partial charge in [-0.15, -0.1) is 0 Å². The molecule has 0 rings (SSSR count). The molecule has 4 atom stereocenters. The van der Waals surface area contributed by atoms with E-state index in [0.717, 1.165) is 0 Å². The van der Waals surface area contributed by atoms with Gasteiger partial charge in [-0.05, 0) is 19.3 Å². The van der Waals surface area contributed by atoms with Gasteiger partial charge < -0.3 is 48.9 Å². The summed E-state index contributed by atoms with van der Waals surface area (Å²) in [6.45, 7) is 1.43. The van der Waals surface area contributed by atoms with Gasteiger partial charge in [0.1, 0.15) is 19.8 Å². The summed E-state index contributed by atoms with van der Waals surface area (Å²) in [5.41, 5.74) is 0. The van der Waals surface area contributed by atoms with Gasteiger partial charge in [-0.3, -0.25) is 37.4 Å². The summed E-state index contributed by atoms with van der Waals surface area (Å²) >= 11 is 0. The Hall–Kier alpha value is -1.59. The summed E-state index contributed by atoms with van der Waals surface area (Å²) in [6, 6.07) is 0. The summed E-state index contributed by atoms with van der Waals surface area (Å²) < 4.78 is 64.9. The zero-order valence-electron chi connectivity index (χ0n) is 25.4. The number of nitrogens with one attached hydrogen (secondary N) is 1. The van der Waals surface area contributed by atoms with Crippen molar-refractivity contribution in [2.24, 2.45) is 0 Å². The van der Waals surface area contributed by atoms with Crippen LogP contribution in [0.1, 0.15) is 82.1 Å². The summed E-state index contributed by atoms with van der Waals surface area (Å²) in [6.07, 6.45) is -1.98. The zero-order chi connectivity index (χ0) is 34.7. The van der Waals surface area contributed by atoms with Crippen LogP contribution in [0.15, 0.2) is 0 Å². The number of esters is 2. The largest absolute Gasteiger partial charge is 0.472 e. The summed E-state index contributed by atoms with van der Waals surface area (Å²) in [4.78, 5) is 84.3. The molecule has 1 amide bonds. The molecule has 0 heterocycles. The van der Waals surface area contributed by atoms with Gasteiger partial charge in [-0.1, -0.05) is 43.6 Å². The Labute approximate surface area is 289 Å². The number of hydrogen-bond donors (Lipinski definition) is 6. The fourth-order valence-corrected chi connectivity index (χ4v) is 6.82. The molecule has 0 aliphatic rings. The van der Waals surface area contributed by atoms with Gasteiger partial charge in [-0.2, -0.15) is 0 Å². The topological polar surface area (TPSA) is 288 Å². The van der Waals surface area contributed by atoms with Gasteiger partial charge in [0.25, 0.3) is 0 Å². The summed E-state index contributed by atoms with van der Waals surface area (Å²) in [7, 11) is -14.5. The van der Waals surface area contributed by atoms with Crippen molar-refractivity contribution in [2.75, 3.05) is 59.5 Å². The molecule has 0 fully saturated rings. The fraction of sp³-hybridized carbons (Fsp3) is 0.852. The van der Waals surface area contributed by atoms with E-state index < -0.39 is 71.5 Å². The van der Waals surface area contributed by atoms with E-state index in [1.165, 1.54) is 6.92 Å². The van der Waals surface area contributed by atoms with Crippen molar-refractivity contribution in [1.29, 1.82) is 0 Å². The first kappa shape index (κ1) is 56.8. The van der Waals surface area contributed by atoms with Crippen LogP contribution < -0.4 is 5.32 Å². The number of aliphatic hydroxyl groups is 1. The third-order valence-electron chi connectivity index (χ3n) is 5.59. The number of carbonyl (C=O) groups excluding carboxylic acids is 4. The molecule has 0 saturated carbocycles. The number of phosphoric ester groups is 1. The molecule has 296 valence electrons. The van der Waals surface area contributed by atoms with E-state index in [1.807, 2.05) is 0 Å². The molecule has 0 radical (unpaired) electrons. The van der Waals surface area contributed by atoms with Crippen LogP contribution in [0.5, 0.6) is 0 Å². The first-order valence-corrected chi connectivity index (χ1v) is 19.0. The number of rotatable bonds is 26. The normalized spacial score (nSPS) is 15.1. The van der Waals surface area contributed by atoms with Crippen LogP contribution in [0.25, 0.3) is 0 Å². The van der Waals surface area contributed by atoms with Crippen molar-refractivity contribution in [2.45, 2.75) is 93.3 Å². The number of phosphoric acid groups is 1. The van der Waals surface area contributed by atoms with E-state index in [4.69, 9.17) is 28.0 Å². The molecule has 0 aliphatic carbocycles. The van der Waals surface area contributed by atoms with Crippen molar-refractivity contribution in [1.82, 2.24) is 5.32 Å². The Bertz CT molecular complexity index is 1070. The molecular weight excluding hydrogens is 719 g/mol. The van der Waals surface area contributed by atoms with Crippen LogP contribution in [-0.2, 0) is 60.9 Å². The maximum Gasteiger partial charge on any atom is 0.472 e. The van der Waals surface area contributed by atoms with Gasteiger partial charge >= 0.3 is 27.4 Å². The third kappa shape index (κ3) is 25.1. The zero-order valence-corrected chi connectivity index (χ0v) is 28.0. The van der Waals surface area contributed by atoms with E-state index >= 15 is 0 Å². The first-order chi connectivity index (χ1) is 20.8. The molecule has 4 unspecified atom stereocenters. The number of ketones is 1. The molecule has 0 aromatic rings. The minimum atomic E-state index is -5.33. The highest BCUT2D eigenvalue weighted by Gasteiger charge is 2.56. The Morgan fingerprint density at radius 3 is 1.84 bits per heavy atom. The molecule has 0 aromatic heterocycles. The second-order valence-corrected chi connectivity index (χ2v) is 15.6. The second-order valence-electron chi connectivity index (χ2n) is 9.50. The van der Waals surface area contributed by atoms with Crippen LogP contribution in [0, 0.1) is 0 Å². The average molecular weight is 780 g/mol. The number of ether oxygens (including phenoxy) is 4. The molecule has 19 nitrogen and oxygen atoms in total. The lowest BCUT2D eigenvalue weighted by Gasteiger charge is -2.30. The Morgan fingerprint density at radius 1 is 0.776 bits per heavy atom. The maximum absolute atomic E-state index is 12.1. The third-order valence-corrected chi connectivity index (χ3v) is 11.2. The Kier molecular flexibility index (Phi) is 32.5. The van der Waals surface area contributed by atoms with Crippen molar-refractivity contribution in [3.8, 4) is 0 Å². The Balaban J connectivity index is -0.00000161. The highest BCUT2D eigenvalue weighted by molar-refractivity contribution is 7.74. The lowest BCUT2D eigenvalue weighted by atomic mass is 10.2. The highest BCUT2D eigenvalue weighted by atomic mass is 31.2. The van der Waals surface area contributed by atoms with Crippen LogP contribution >= 0.6 is 22.8 Å². The smallest absolute Gasteiger partial charge is 0.462 e. The molecule has 49 heavy (non-hydrogen) atoms. The first-order valence-electron chi connectivity index (χ1n) is 13.8. The van der Waals surface area contributed by atoms with Crippen LogP contribution in [0.2, 0.25) is 0 Å². The minimum Gasteiger partial charge on any atom is -0.462 e. The minimum absolute atomic E-state index is 0. The predicted octanol–water partition coefficient (Wildman–Crippen LogP) is 2.94. The second kappa shape index (κ2) is 28.1. The molecule has 0 aliphatic heterocycles. The molecule has 6 N–H and O–H groups in total. The van der Waals surface area contributed by atoms with Crippen molar-refractivity contribution in [3.05, 3.63) is 0 Å². The summed E-state index contributed by atoms with van der Waals surface area (Å²) in [5.74, 6) is -2.17. The van der Waals surface area contributed by atoms with Gasteiger partial charge in [-0.25, -0.2) is 4.57 Å². The summed E-state index contributed by atoms with van der Waals surface area (Å²) in [5, 5.41) is 9.23. The van der Waals surface area contributed by atoms with Crippen LogP contribution in [0.3, 0.4) is 0 Å². The molecule has 0 saturated heterocycles. The van der Waals surface area contributed by atoms with Gasteiger partial charge in [0, 0.05) is 32.5 Å². The van der Waals surface area contributed by atoms with E-state index in [0.29, 0.717) is 6.66 Å². The number of Topliss-reactive ketones (excluding diaryl/α,β-unsaturated/α-hetero) is 1. The van der Waals surface area contributed by atoms with E-state index in [9.17, 15) is 57.6 Å². The number of amides is 1. The molecule has 0 spiro atoms. The molecule has 22 heteroatoms. The standard InChI is InChI=1S/C23H44NO18P3.4CH4/c1-4-21(27)39-15-19(42-22(28)5-2)16-41-45(35,36)40-11-6-8-18(25)14-37-12-13-38-17-20(26)24-10-7-9-23(29,43(3,30)31)44(32,33)34;;;;/h19,29H,4-17H2,1-3H3,(H,24,26)(H,30,31)(H,35,36)(H2,32,33,34);4*1H4. The van der Waals surface area contributed by atoms with E-state index in [-0.39, 0.29) is 107 Å².